The molecule has 0 aromatic heterocycles. The summed E-state index contributed by atoms with van der Waals surface area (Å²) < 4.78 is 41.5. The summed E-state index contributed by atoms with van der Waals surface area (Å²) in [5.74, 6) is -2.10. The van der Waals surface area contributed by atoms with Crippen molar-refractivity contribution in [2.45, 2.75) is 12.6 Å². The number of hydrogen-bond donors (Lipinski definition) is 2. The molecule has 0 radical (unpaired) electrons. The highest BCUT2D eigenvalue weighted by atomic mass is 19.4. The number of para-hydroxylation sites is 1. The Morgan fingerprint density at radius 1 is 1.03 bits per heavy atom. The van der Waals surface area contributed by atoms with Gasteiger partial charge in [-0.15, -0.1) is 0 Å². The summed E-state index contributed by atoms with van der Waals surface area (Å²) >= 11 is 0. The van der Waals surface area contributed by atoms with Gasteiger partial charge in [0.15, 0.2) is 0 Å². The highest BCUT2D eigenvalue weighted by Gasteiger charge is 2.51. The van der Waals surface area contributed by atoms with Crippen LogP contribution in [0.1, 0.15) is 22.3 Å². The minimum atomic E-state index is -4.61. The van der Waals surface area contributed by atoms with E-state index in [0.29, 0.717) is 5.57 Å². The van der Waals surface area contributed by atoms with Gasteiger partial charge in [-0.1, -0.05) is 66.8 Å². The summed E-state index contributed by atoms with van der Waals surface area (Å²) in [6.45, 7) is 0. The zero-order valence-electron chi connectivity index (χ0n) is 15.7. The molecule has 1 atom stereocenters. The van der Waals surface area contributed by atoms with E-state index in [0.717, 1.165) is 23.8 Å². The second-order valence-electron chi connectivity index (χ2n) is 6.77. The van der Waals surface area contributed by atoms with Crippen LogP contribution in [0.4, 0.5) is 18.9 Å². The van der Waals surface area contributed by atoms with E-state index in [-0.39, 0.29) is 17.7 Å². The molecule has 0 saturated carbocycles. The van der Waals surface area contributed by atoms with Gasteiger partial charge in [-0.25, -0.2) is 4.79 Å². The Balaban J connectivity index is 1.81. The fourth-order valence-electron chi connectivity index (χ4n) is 3.10. The highest BCUT2D eigenvalue weighted by molar-refractivity contribution is 6.04. The number of carboxylic acid groups (broad SMARTS) is 1. The molecule has 1 amide bonds. The van der Waals surface area contributed by atoms with Crippen molar-refractivity contribution in [3.8, 4) is 0 Å². The fraction of sp³-hybridized carbons (Fsp3) is 0.130. The molecule has 2 aromatic carbocycles. The van der Waals surface area contributed by atoms with E-state index in [9.17, 15) is 22.8 Å². The maximum Gasteiger partial charge on any atom is 0.401 e. The van der Waals surface area contributed by atoms with Gasteiger partial charge in [0, 0.05) is 6.08 Å². The third-order valence-corrected chi connectivity index (χ3v) is 4.80. The summed E-state index contributed by atoms with van der Waals surface area (Å²) in [4.78, 5) is 23.4. The number of amides is 1. The van der Waals surface area contributed by atoms with Crippen LogP contribution in [0.5, 0.6) is 0 Å². The number of alkyl halides is 3. The Hall–Kier alpha value is -3.61. The van der Waals surface area contributed by atoms with Crippen LogP contribution < -0.4 is 5.32 Å². The van der Waals surface area contributed by atoms with Crippen LogP contribution in [0.25, 0.3) is 5.57 Å². The number of carbonyl (C=O) groups excluding carboxylic acids is 1. The van der Waals surface area contributed by atoms with Gasteiger partial charge >= 0.3 is 12.1 Å². The minimum Gasteiger partial charge on any atom is -0.478 e. The molecule has 0 aliphatic heterocycles. The number of allylic oxidation sites excluding steroid dienone is 5. The quantitative estimate of drug-likeness (QED) is 0.639. The maximum absolute atomic E-state index is 13.8. The highest BCUT2D eigenvalue weighted by Crippen LogP contribution is 2.47. The Kier molecular flexibility index (Phi) is 5.91. The Labute approximate surface area is 171 Å². The molecule has 3 rings (SSSR count). The van der Waals surface area contributed by atoms with Gasteiger partial charge in [0.05, 0.1) is 11.3 Å². The van der Waals surface area contributed by atoms with Crippen LogP contribution in [0.15, 0.2) is 85.0 Å². The second-order valence-corrected chi connectivity index (χ2v) is 6.77. The topological polar surface area (TPSA) is 66.4 Å². The second kappa shape index (κ2) is 8.41. The smallest absolute Gasteiger partial charge is 0.401 e. The van der Waals surface area contributed by atoms with Gasteiger partial charge in [0.25, 0.3) is 0 Å². The predicted molar refractivity (Wildman–Crippen MR) is 108 cm³/mol. The molecular formula is C23H18F3NO3. The van der Waals surface area contributed by atoms with Crippen molar-refractivity contribution in [1.82, 2.24) is 0 Å². The third kappa shape index (κ3) is 4.51. The van der Waals surface area contributed by atoms with Crippen molar-refractivity contribution in [2.75, 3.05) is 5.32 Å². The molecule has 154 valence electrons. The fourth-order valence-corrected chi connectivity index (χ4v) is 3.10. The number of halogens is 3. The number of benzene rings is 2. The first-order chi connectivity index (χ1) is 14.2. The van der Waals surface area contributed by atoms with Gasteiger partial charge < -0.3 is 10.4 Å². The molecule has 1 aliphatic rings. The van der Waals surface area contributed by atoms with Gasteiger partial charge in [0.2, 0.25) is 5.91 Å². The molecular weight excluding hydrogens is 395 g/mol. The molecule has 0 saturated heterocycles. The summed E-state index contributed by atoms with van der Waals surface area (Å²) in [6.07, 6.45) is 0.562. The average Bonchev–Trinajstić information content (AvgIpc) is 2.73. The molecule has 7 heteroatoms. The van der Waals surface area contributed by atoms with Crippen LogP contribution >= 0.6 is 0 Å². The van der Waals surface area contributed by atoms with Gasteiger partial charge in [-0.05, 0) is 29.7 Å². The van der Waals surface area contributed by atoms with E-state index < -0.39 is 23.5 Å². The molecule has 4 nitrogen and oxygen atoms in total. The van der Waals surface area contributed by atoms with Crippen molar-refractivity contribution in [1.29, 1.82) is 0 Å². The van der Waals surface area contributed by atoms with Crippen molar-refractivity contribution in [2.24, 2.45) is 5.41 Å². The van der Waals surface area contributed by atoms with E-state index >= 15 is 0 Å². The third-order valence-electron chi connectivity index (χ3n) is 4.80. The van der Waals surface area contributed by atoms with Crippen molar-refractivity contribution in [3.05, 3.63) is 96.1 Å². The van der Waals surface area contributed by atoms with E-state index in [1.54, 1.807) is 24.3 Å². The maximum atomic E-state index is 13.8. The molecule has 2 aromatic rings. The lowest BCUT2D eigenvalue weighted by molar-refractivity contribution is -0.188. The Morgan fingerprint density at radius 3 is 2.30 bits per heavy atom. The van der Waals surface area contributed by atoms with Crippen LogP contribution in [0.2, 0.25) is 0 Å². The van der Waals surface area contributed by atoms with E-state index in [2.05, 4.69) is 5.32 Å². The summed E-state index contributed by atoms with van der Waals surface area (Å²) in [6, 6.07) is 14.7. The van der Waals surface area contributed by atoms with Crippen LogP contribution in [0, 0.1) is 5.41 Å². The summed E-state index contributed by atoms with van der Waals surface area (Å²) in [5.41, 5.74) is -1.00. The van der Waals surface area contributed by atoms with Gasteiger partial charge in [0.1, 0.15) is 5.41 Å². The molecule has 0 heterocycles. The number of hydrogen-bond acceptors (Lipinski definition) is 2. The molecule has 0 spiro atoms. The van der Waals surface area contributed by atoms with E-state index in [1.807, 2.05) is 6.07 Å². The molecule has 0 fully saturated rings. The Morgan fingerprint density at radius 2 is 1.70 bits per heavy atom. The number of rotatable bonds is 5. The minimum absolute atomic E-state index is 0.00570. The zero-order chi connectivity index (χ0) is 21.8. The number of carbonyl (C=O) groups is 2. The molecule has 1 aliphatic carbocycles. The molecule has 30 heavy (non-hydrogen) atoms. The number of aromatic carboxylic acids is 1. The lowest BCUT2D eigenvalue weighted by Gasteiger charge is -2.31. The number of anilines is 1. The average molecular weight is 413 g/mol. The van der Waals surface area contributed by atoms with Crippen molar-refractivity contribution < 1.29 is 27.9 Å². The van der Waals surface area contributed by atoms with Crippen molar-refractivity contribution in [3.63, 3.8) is 0 Å². The number of carboxylic acids is 1. The first-order valence-corrected chi connectivity index (χ1v) is 9.06. The first-order valence-electron chi connectivity index (χ1n) is 9.06. The number of nitrogens with one attached hydrogen (secondary N) is 1. The van der Waals surface area contributed by atoms with Gasteiger partial charge in [-0.2, -0.15) is 13.2 Å². The SMILES string of the molecule is O=C(/C=C/C1(C(F)(F)F)C=CC(c2ccccc2)=CC1)Nc1ccccc1C(=O)O. The summed E-state index contributed by atoms with van der Waals surface area (Å²) in [7, 11) is 0. The lowest BCUT2D eigenvalue weighted by Crippen LogP contribution is -2.35. The monoisotopic (exact) mass is 413 g/mol. The lowest BCUT2D eigenvalue weighted by atomic mass is 9.78. The Bertz CT molecular complexity index is 1040. The van der Waals surface area contributed by atoms with E-state index in [1.165, 1.54) is 36.4 Å². The first kappa shape index (κ1) is 21.1. The van der Waals surface area contributed by atoms with E-state index in [4.69, 9.17) is 5.11 Å². The standard InChI is InChI=1S/C23H18F3NO3/c24-23(25,26)22(13-10-17(11-14-22)16-6-2-1-3-7-16)15-12-20(28)27-19-9-5-4-8-18(19)21(29)30/h1-13,15H,14H2,(H,27,28)(H,29,30)/b15-12+. The van der Waals surface area contributed by atoms with Crippen molar-refractivity contribution >= 4 is 23.1 Å². The molecule has 0 bridgehead atoms. The van der Waals surface area contributed by atoms with Crippen LogP contribution in [-0.2, 0) is 4.79 Å². The molecule has 2 N–H and O–H groups in total. The van der Waals surface area contributed by atoms with Crippen LogP contribution in [0.3, 0.4) is 0 Å². The predicted octanol–water partition coefficient (Wildman–Crippen LogP) is 5.47. The normalized spacial score (nSPS) is 18.8. The zero-order valence-corrected chi connectivity index (χ0v) is 15.7. The largest absolute Gasteiger partial charge is 0.478 e. The summed E-state index contributed by atoms with van der Waals surface area (Å²) in [5, 5.41) is 11.5. The molecule has 1 unspecified atom stereocenters. The van der Waals surface area contributed by atoms with Gasteiger partial charge in [-0.3, -0.25) is 4.79 Å². The van der Waals surface area contributed by atoms with Crippen LogP contribution in [-0.4, -0.2) is 23.2 Å².